The van der Waals surface area contributed by atoms with Crippen LogP contribution in [0.5, 0.6) is 0 Å². The predicted molar refractivity (Wildman–Crippen MR) is 95.4 cm³/mol. The largest absolute Gasteiger partial charge is 0.464 e. The van der Waals surface area contributed by atoms with Gasteiger partial charge < -0.3 is 9.73 Å². The summed E-state index contributed by atoms with van der Waals surface area (Å²) in [5.74, 6) is 3.41. The van der Waals surface area contributed by atoms with Crippen LogP contribution in [0.25, 0.3) is 0 Å². The lowest BCUT2D eigenvalue weighted by Crippen LogP contribution is -2.34. The standard InChI is InChI=1S/C19H26N4O2/c1-11-8-16(11)17-7-6-15(25-17)9-23(14-4-5-14)10-18(24)20-19-12(2)21-22-13(19)3/h6-7,11,14,16H,4-5,8-10H2,1-3H3,(H,20,24)(H,21,22)/t11-,16+/m1/s1. The Hall–Kier alpha value is -2.08. The van der Waals surface area contributed by atoms with Gasteiger partial charge in [-0.15, -0.1) is 0 Å². The van der Waals surface area contributed by atoms with Crippen LogP contribution in [0.3, 0.4) is 0 Å². The summed E-state index contributed by atoms with van der Waals surface area (Å²) in [5, 5.41) is 10.0. The highest BCUT2D eigenvalue weighted by Gasteiger charge is 2.37. The summed E-state index contributed by atoms with van der Waals surface area (Å²) in [5.41, 5.74) is 2.50. The van der Waals surface area contributed by atoms with Crippen LogP contribution < -0.4 is 5.32 Å². The molecule has 0 bridgehead atoms. The van der Waals surface area contributed by atoms with E-state index in [1.54, 1.807) is 0 Å². The summed E-state index contributed by atoms with van der Waals surface area (Å²) in [6.07, 6.45) is 3.54. The van der Waals surface area contributed by atoms with Gasteiger partial charge in [0, 0.05) is 12.0 Å². The molecule has 6 heteroatoms. The van der Waals surface area contributed by atoms with E-state index < -0.39 is 0 Å². The zero-order chi connectivity index (χ0) is 17.6. The SMILES string of the molecule is Cc1n[nH]c(C)c1NC(=O)CN(Cc1ccc([C@H]2C[C@H]2C)o1)C1CC1. The van der Waals surface area contributed by atoms with Crippen molar-refractivity contribution in [2.45, 2.75) is 58.5 Å². The third kappa shape index (κ3) is 3.63. The number of aryl methyl sites for hydroxylation is 2. The number of amides is 1. The fraction of sp³-hybridized carbons (Fsp3) is 0.579. The molecule has 25 heavy (non-hydrogen) atoms. The molecule has 2 aromatic heterocycles. The molecule has 2 fully saturated rings. The first kappa shape index (κ1) is 16.4. The summed E-state index contributed by atoms with van der Waals surface area (Å²) in [4.78, 5) is 14.7. The van der Waals surface area contributed by atoms with Crippen molar-refractivity contribution < 1.29 is 9.21 Å². The van der Waals surface area contributed by atoms with Crippen molar-refractivity contribution in [3.05, 3.63) is 35.0 Å². The fourth-order valence-corrected chi connectivity index (χ4v) is 3.45. The molecule has 4 rings (SSSR count). The van der Waals surface area contributed by atoms with E-state index in [9.17, 15) is 4.79 Å². The monoisotopic (exact) mass is 342 g/mol. The highest BCUT2D eigenvalue weighted by atomic mass is 16.3. The predicted octanol–water partition coefficient (Wildman–Crippen LogP) is 3.35. The molecule has 0 unspecified atom stereocenters. The van der Waals surface area contributed by atoms with Gasteiger partial charge in [0.25, 0.3) is 0 Å². The number of carbonyl (C=O) groups is 1. The molecule has 0 saturated heterocycles. The molecule has 2 saturated carbocycles. The molecule has 134 valence electrons. The zero-order valence-electron chi connectivity index (χ0n) is 15.1. The molecule has 2 N–H and O–H groups in total. The molecule has 2 heterocycles. The summed E-state index contributed by atoms with van der Waals surface area (Å²) >= 11 is 0. The Bertz CT molecular complexity index is 755. The van der Waals surface area contributed by atoms with Crippen molar-refractivity contribution in [2.24, 2.45) is 5.92 Å². The molecule has 0 radical (unpaired) electrons. The molecule has 2 aliphatic carbocycles. The zero-order valence-corrected chi connectivity index (χ0v) is 15.1. The van der Waals surface area contributed by atoms with Crippen LogP contribution in [-0.4, -0.2) is 33.6 Å². The van der Waals surface area contributed by atoms with Crippen molar-refractivity contribution in [3.63, 3.8) is 0 Å². The van der Waals surface area contributed by atoms with Gasteiger partial charge >= 0.3 is 0 Å². The molecule has 0 spiro atoms. The van der Waals surface area contributed by atoms with Gasteiger partial charge in [0.05, 0.1) is 30.2 Å². The van der Waals surface area contributed by atoms with Gasteiger partial charge in [-0.05, 0) is 51.2 Å². The molecule has 0 aliphatic heterocycles. The maximum atomic E-state index is 12.5. The quantitative estimate of drug-likeness (QED) is 0.809. The number of hydrogen-bond donors (Lipinski definition) is 2. The van der Waals surface area contributed by atoms with Gasteiger partial charge in [-0.3, -0.25) is 14.8 Å². The van der Waals surface area contributed by atoms with E-state index in [1.165, 1.54) is 6.42 Å². The number of aromatic amines is 1. The first-order valence-electron chi connectivity index (χ1n) is 9.15. The number of carbonyl (C=O) groups excluding carboxylic acids is 1. The van der Waals surface area contributed by atoms with E-state index in [2.05, 4.69) is 39.5 Å². The maximum Gasteiger partial charge on any atom is 0.238 e. The second-order valence-electron chi connectivity index (χ2n) is 7.62. The summed E-state index contributed by atoms with van der Waals surface area (Å²) < 4.78 is 6.02. The first-order chi connectivity index (χ1) is 12.0. The van der Waals surface area contributed by atoms with Crippen LogP contribution in [0.4, 0.5) is 5.69 Å². The van der Waals surface area contributed by atoms with Crippen LogP contribution >= 0.6 is 0 Å². The minimum atomic E-state index is 0.00194. The molecular formula is C19H26N4O2. The second-order valence-corrected chi connectivity index (χ2v) is 7.62. The van der Waals surface area contributed by atoms with Gasteiger partial charge in [0.15, 0.2) is 0 Å². The average Bonchev–Trinajstić information content (AvgIpc) is 3.48. The smallest absolute Gasteiger partial charge is 0.238 e. The van der Waals surface area contributed by atoms with E-state index in [4.69, 9.17) is 4.42 Å². The highest BCUT2D eigenvalue weighted by Crippen LogP contribution is 2.47. The Kier molecular flexibility index (Phi) is 4.15. The minimum Gasteiger partial charge on any atom is -0.464 e. The van der Waals surface area contributed by atoms with E-state index >= 15 is 0 Å². The van der Waals surface area contributed by atoms with Gasteiger partial charge in [0.2, 0.25) is 5.91 Å². The van der Waals surface area contributed by atoms with Gasteiger partial charge in [-0.25, -0.2) is 0 Å². The lowest BCUT2D eigenvalue weighted by Gasteiger charge is -2.20. The first-order valence-corrected chi connectivity index (χ1v) is 9.15. The normalized spacial score (nSPS) is 22.4. The Morgan fingerprint density at radius 2 is 2.16 bits per heavy atom. The summed E-state index contributed by atoms with van der Waals surface area (Å²) in [6.45, 7) is 7.14. The number of anilines is 1. The van der Waals surface area contributed by atoms with Gasteiger partial charge in [-0.1, -0.05) is 6.92 Å². The van der Waals surface area contributed by atoms with Crippen molar-refractivity contribution in [1.29, 1.82) is 0 Å². The Morgan fingerprint density at radius 1 is 1.40 bits per heavy atom. The molecule has 1 amide bonds. The summed E-state index contributed by atoms with van der Waals surface area (Å²) in [7, 11) is 0. The number of nitrogens with zero attached hydrogens (tertiary/aromatic N) is 2. The van der Waals surface area contributed by atoms with Crippen LogP contribution in [0.15, 0.2) is 16.5 Å². The number of hydrogen-bond acceptors (Lipinski definition) is 4. The van der Waals surface area contributed by atoms with E-state index in [1.807, 2.05) is 13.8 Å². The lowest BCUT2D eigenvalue weighted by molar-refractivity contribution is -0.117. The molecule has 2 aliphatic rings. The van der Waals surface area contributed by atoms with Crippen molar-refractivity contribution in [1.82, 2.24) is 15.1 Å². The lowest BCUT2D eigenvalue weighted by atomic mass is 10.3. The third-order valence-corrected chi connectivity index (χ3v) is 5.32. The van der Waals surface area contributed by atoms with E-state index in [0.717, 1.165) is 47.4 Å². The summed E-state index contributed by atoms with van der Waals surface area (Å²) in [6, 6.07) is 4.66. The fourth-order valence-electron chi connectivity index (χ4n) is 3.45. The Labute approximate surface area is 148 Å². The highest BCUT2D eigenvalue weighted by molar-refractivity contribution is 5.93. The minimum absolute atomic E-state index is 0.00194. The van der Waals surface area contributed by atoms with Crippen LogP contribution in [0.1, 0.15) is 55.0 Å². The van der Waals surface area contributed by atoms with Crippen LogP contribution in [0, 0.1) is 19.8 Å². The number of nitrogens with one attached hydrogen (secondary N) is 2. The third-order valence-electron chi connectivity index (χ3n) is 5.32. The van der Waals surface area contributed by atoms with E-state index in [0.29, 0.717) is 25.0 Å². The van der Waals surface area contributed by atoms with Gasteiger partial charge in [-0.2, -0.15) is 5.10 Å². The van der Waals surface area contributed by atoms with Crippen molar-refractivity contribution >= 4 is 11.6 Å². The van der Waals surface area contributed by atoms with Gasteiger partial charge in [0.1, 0.15) is 11.5 Å². The molecular weight excluding hydrogens is 316 g/mol. The maximum absolute atomic E-state index is 12.5. The number of furan rings is 1. The molecule has 0 aromatic carbocycles. The Balaban J connectivity index is 1.38. The van der Waals surface area contributed by atoms with E-state index in [-0.39, 0.29) is 5.91 Å². The van der Waals surface area contributed by atoms with Crippen molar-refractivity contribution in [2.75, 3.05) is 11.9 Å². The molecule has 6 nitrogen and oxygen atoms in total. The number of aromatic nitrogens is 2. The second kappa shape index (κ2) is 6.33. The topological polar surface area (TPSA) is 74.2 Å². The Morgan fingerprint density at radius 3 is 2.76 bits per heavy atom. The molecule has 2 aromatic rings. The van der Waals surface area contributed by atoms with Crippen molar-refractivity contribution in [3.8, 4) is 0 Å². The number of H-pyrrole nitrogens is 1. The molecule has 2 atom stereocenters. The number of rotatable bonds is 7. The van der Waals surface area contributed by atoms with Crippen LogP contribution in [-0.2, 0) is 11.3 Å². The average molecular weight is 342 g/mol. The van der Waals surface area contributed by atoms with Crippen LogP contribution in [0.2, 0.25) is 0 Å².